The van der Waals surface area contributed by atoms with E-state index in [1.807, 2.05) is 12.1 Å². The number of rotatable bonds is 6. The smallest absolute Gasteiger partial charge is 0.243 e. The molecule has 1 aromatic carbocycles. The number of hydrogen-bond donors (Lipinski definition) is 1. The van der Waals surface area contributed by atoms with E-state index in [0.717, 1.165) is 44.3 Å². The second kappa shape index (κ2) is 6.59. The maximum atomic E-state index is 12.6. The number of benzene rings is 1. The van der Waals surface area contributed by atoms with Gasteiger partial charge >= 0.3 is 0 Å². The van der Waals surface area contributed by atoms with Gasteiger partial charge in [-0.05, 0) is 43.5 Å². The maximum absolute atomic E-state index is 12.6. The van der Waals surface area contributed by atoms with Gasteiger partial charge < -0.3 is 5.32 Å². The van der Waals surface area contributed by atoms with Crippen molar-refractivity contribution >= 4 is 15.7 Å². The van der Waals surface area contributed by atoms with Crippen LogP contribution in [-0.4, -0.2) is 32.4 Å². The van der Waals surface area contributed by atoms with Crippen molar-refractivity contribution < 1.29 is 8.42 Å². The first-order valence-electron chi connectivity index (χ1n) is 7.37. The molecule has 0 spiro atoms. The van der Waals surface area contributed by atoms with Crippen LogP contribution in [0, 0.1) is 0 Å². The van der Waals surface area contributed by atoms with Gasteiger partial charge in [0.25, 0.3) is 0 Å². The lowest BCUT2D eigenvalue weighted by molar-refractivity contribution is 0.373. The van der Waals surface area contributed by atoms with E-state index in [-0.39, 0.29) is 6.04 Å². The summed E-state index contributed by atoms with van der Waals surface area (Å²) in [5.74, 6) is 0. The molecule has 0 unspecified atom stereocenters. The Morgan fingerprint density at radius 2 is 1.80 bits per heavy atom. The Balaban J connectivity index is 2.12. The molecule has 5 heteroatoms. The number of hydrogen-bond acceptors (Lipinski definition) is 3. The summed E-state index contributed by atoms with van der Waals surface area (Å²) in [7, 11) is -1.65. The number of sulfonamides is 1. The van der Waals surface area contributed by atoms with Gasteiger partial charge in [0, 0.05) is 25.3 Å². The van der Waals surface area contributed by atoms with Crippen LogP contribution in [-0.2, 0) is 10.0 Å². The van der Waals surface area contributed by atoms with E-state index >= 15 is 0 Å². The van der Waals surface area contributed by atoms with Crippen molar-refractivity contribution in [3.8, 4) is 0 Å². The molecule has 20 heavy (non-hydrogen) atoms. The van der Waals surface area contributed by atoms with E-state index in [1.165, 1.54) is 0 Å². The highest BCUT2D eigenvalue weighted by Crippen LogP contribution is 2.27. The number of anilines is 1. The summed E-state index contributed by atoms with van der Waals surface area (Å²) in [6.45, 7) is 3.00. The molecule has 2 rings (SSSR count). The van der Waals surface area contributed by atoms with Crippen molar-refractivity contribution in [3.05, 3.63) is 24.3 Å². The van der Waals surface area contributed by atoms with Gasteiger partial charge in [0.05, 0.1) is 4.90 Å². The lowest BCUT2D eigenvalue weighted by Gasteiger charge is -2.23. The molecule has 0 saturated heterocycles. The first kappa shape index (κ1) is 15.3. The standard InChI is InChI=1S/C15H24N2O2S/c1-3-12-16-13-8-10-15(11-9-13)20(18,19)17(2)14-6-4-5-7-14/h8-11,14,16H,3-7,12H2,1-2H3. The lowest BCUT2D eigenvalue weighted by Crippen LogP contribution is -2.35. The lowest BCUT2D eigenvalue weighted by atomic mass is 10.3. The molecule has 0 aliphatic heterocycles. The van der Waals surface area contributed by atoms with Crippen molar-refractivity contribution in [2.45, 2.75) is 50.0 Å². The Labute approximate surface area is 122 Å². The normalized spacial score (nSPS) is 16.8. The van der Waals surface area contributed by atoms with E-state index in [9.17, 15) is 8.42 Å². The van der Waals surface area contributed by atoms with Crippen LogP contribution in [0.4, 0.5) is 5.69 Å². The van der Waals surface area contributed by atoms with Crippen LogP contribution in [0.1, 0.15) is 39.0 Å². The Hall–Kier alpha value is -1.07. The van der Waals surface area contributed by atoms with Crippen molar-refractivity contribution in [1.82, 2.24) is 4.31 Å². The monoisotopic (exact) mass is 296 g/mol. The molecule has 4 nitrogen and oxygen atoms in total. The molecule has 0 aromatic heterocycles. The highest BCUT2D eigenvalue weighted by molar-refractivity contribution is 7.89. The van der Waals surface area contributed by atoms with Gasteiger partial charge in [0.15, 0.2) is 0 Å². The molecule has 0 bridgehead atoms. The summed E-state index contributed by atoms with van der Waals surface area (Å²) in [5.41, 5.74) is 0.967. The quantitative estimate of drug-likeness (QED) is 0.877. The third-order valence-electron chi connectivity index (χ3n) is 3.95. The highest BCUT2D eigenvalue weighted by atomic mass is 32.2. The van der Waals surface area contributed by atoms with Crippen LogP contribution in [0.25, 0.3) is 0 Å². The van der Waals surface area contributed by atoms with E-state index in [0.29, 0.717) is 4.90 Å². The Kier molecular flexibility index (Phi) is 5.05. The molecule has 1 aliphatic rings. The molecular formula is C15H24N2O2S. The second-order valence-corrected chi connectivity index (χ2v) is 7.41. The summed E-state index contributed by atoms with van der Waals surface area (Å²) >= 11 is 0. The second-order valence-electron chi connectivity index (χ2n) is 5.41. The van der Waals surface area contributed by atoms with Crippen molar-refractivity contribution in [2.75, 3.05) is 18.9 Å². The van der Waals surface area contributed by atoms with Gasteiger partial charge in [-0.2, -0.15) is 4.31 Å². The summed E-state index contributed by atoms with van der Waals surface area (Å²) in [4.78, 5) is 0.383. The molecule has 112 valence electrons. The zero-order chi connectivity index (χ0) is 14.6. The average Bonchev–Trinajstić information content (AvgIpc) is 2.98. The van der Waals surface area contributed by atoms with Crippen LogP contribution in [0.15, 0.2) is 29.2 Å². The van der Waals surface area contributed by atoms with Gasteiger partial charge in [-0.1, -0.05) is 19.8 Å². The molecular weight excluding hydrogens is 272 g/mol. The van der Waals surface area contributed by atoms with E-state index in [2.05, 4.69) is 12.2 Å². The van der Waals surface area contributed by atoms with Crippen molar-refractivity contribution in [1.29, 1.82) is 0 Å². The first-order chi connectivity index (χ1) is 9.55. The minimum Gasteiger partial charge on any atom is -0.385 e. The molecule has 0 amide bonds. The van der Waals surface area contributed by atoms with E-state index in [4.69, 9.17) is 0 Å². The molecule has 1 fully saturated rings. The summed E-state index contributed by atoms with van der Waals surface area (Å²) in [6, 6.07) is 7.23. The van der Waals surface area contributed by atoms with E-state index < -0.39 is 10.0 Å². The largest absolute Gasteiger partial charge is 0.385 e. The van der Waals surface area contributed by atoms with Gasteiger partial charge in [0.1, 0.15) is 0 Å². The fourth-order valence-electron chi connectivity index (χ4n) is 2.64. The molecule has 1 N–H and O–H groups in total. The fraction of sp³-hybridized carbons (Fsp3) is 0.600. The summed E-state index contributed by atoms with van der Waals surface area (Å²) in [6.07, 6.45) is 5.26. The molecule has 0 atom stereocenters. The van der Waals surface area contributed by atoms with Gasteiger partial charge in [-0.3, -0.25) is 0 Å². The van der Waals surface area contributed by atoms with Gasteiger partial charge in [-0.15, -0.1) is 0 Å². The van der Waals surface area contributed by atoms with Crippen LogP contribution < -0.4 is 5.32 Å². The fourth-order valence-corrected chi connectivity index (χ4v) is 4.06. The molecule has 1 saturated carbocycles. The first-order valence-corrected chi connectivity index (χ1v) is 8.81. The maximum Gasteiger partial charge on any atom is 0.243 e. The van der Waals surface area contributed by atoms with Gasteiger partial charge in [0.2, 0.25) is 10.0 Å². The Morgan fingerprint density at radius 3 is 2.35 bits per heavy atom. The third-order valence-corrected chi connectivity index (χ3v) is 5.87. The minimum atomic E-state index is -3.35. The van der Waals surface area contributed by atoms with Crippen LogP contribution >= 0.6 is 0 Å². The zero-order valence-corrected chi connectivity index (χ0v) is 13.1. The number of nitrogens with one attached hydrogen (secondary N) is 1. The van der Waals surface area contributed by atoms with Gasteiger partial charge in [-0.25, -0.2) is 8.42 Å². The summed E-state index contributed by atoms with van der Waals surface area (Å²) < 4.78 is 26.7. The molecule has 0 heterocycles. The minimum absolute atomic E-state index is 0.165. The zero-order valence-electron chi connectivity index (χ0n) is 12.3. The number of nitrogens with zero attached hydrogens (tertiary/aromatic N) is 1. The van der Waals surface area contributed by atoms with Crippen molar-refractivity contribution in [3.63, 3.8) is 0 Å². The topological polar surface area (TPSA) is 49.4 Å². The van der Waals surface area contributed by atoms with Crippen molar-refractivity contribution in [2.24, 2.45) is 0 Å². The highest BCUT2D eigenvalue weighted by Gasteiger charge is 2.29. The van der Waals surface area contributed by atoms with E-state index in [1.54, 1.807) is 23.5 Å². The summed E-state index contributed by atoms with van der Waals surface area (Å²) in [5, 5.41) is 3.25. The molecule has 1 aliphatic carbocycles. The third kappa shape index (κ3) is 3.33. The predicted octanol–water partition coefficient (Wildman–Crippen LogP) is 3.07. The molecule has 0 radical (unpaired) electrons. The predicted molar refractivity (Wildman–Crippen MR) is 82.4 cm³/mol. The SMILES string of the molecule is CCCNc1ccc(S(=O)(=O)N(C)C2CCCC2)cc1. The Morgan fingerprint density at radius 1 is 1.20 bits per heavy atom. The van der Waals surface area contributed by atoms with Crippen LogP contribution in [0.5, 0.6) is 0 Å². The average molecular weight is 296 g/mol. The Bertz CT molecular complexity index is 519. The van der Waals surface area contributed by atoms with Crippen LogP contribution in [0.3, 0.4) is 0 Å². The molecule has 1 aromatic rings. The van der Waals surface area contributed by atoms with Crippen LogP contribution in [0.2, 0.25) is 0 Å².